The van der Waals surface area contributed by atoms with Gasteiger partial charge in [-0.25, -0.2) is 4.98 Å². The molecular weight excluding hydrogens is 300 g/mol. The van der Waals surface area contributed by atoms with Crippen molar-refractivity contribution in [1.82, 2.24) is 20.0 Å². The number of carbonyl (C=O) groups is 1. The number of rotatable bonds is 4. The molecule has 0 aliphatic carbocycles. The molecule has 3 rings (SSSR count). The van der Waals surface area contributed by atoms with Crippen LogP contribution in [0.15, 0.2) is 9.90 Å². The summed E-state index contributed by atoms with van der Waals surface area (Å²) in [6.07, 6.45) is 2.18. The predicted octanol–water partition coefficient (Wildman–Crippen LogP) is 2.86. The first-order valence-electron chi connectivity index (χ1n) is 7.58. The lowest BCUT2D eigenvalue weighted by molar-refractivity contribution is -0.131. The van der Waals surface area contributed by atoms with Gasteiger partial charge in [0.15, 0.2) is 5.82 Å². The van der Waals surface area contributed by atoms with E-state index in [2.05, 4.69) is 15.1 Å². The Morgan fingerprint density at radius 1 is 1.50 bits per heavy atom. The summed E-state index contributed by atoms with van der Waals surface area (Å²) in [6.45, 7) is 6.74. The summed E-state index contributed by atoms with van der Waals surface area (Å²) >= 11 is 1.57. The lowest BCUT2D eigenvalue weighted by atomic mass is 10.2. The fourth-order valence-electron chi connectivity index (χ4n) is 2.68. The number of thiazole rings is 1. The molecule has 0 aromatic carbocycles. The van der Waals surface area contributed by atoms with E-state index >= 15 is 0 Å². The predicted molar refractivity (Wildman–Crippen MR) is 82.6 cm³/mol. The molecule has 0 bridgehead atoms. The Labute approximate surface area is 133 Å². The van der Waals surface area contributed by atoms with Gasteiger partial charge >= 0.3 is 0 Å². The second-order valence-corrected chi connectivity index (χ2v) is 6.99. The van der Waals surface area contributed by atoms with Crippen LogP contribution >= 0.6 is 11.3 Å². The molecule has 0 unspecified atom stereocenters. The average Bonchev–Trinajstić information content (AvgIpc) is 3.16. The van der Waals surface area contributed by atoms with E-state index in [1.54, 1.807) is 11.3 Å². The molecule has 7 heteroatoms. The van der Waals surface area contributed by atoms with Crippen LogP contribution in [0.4, 0.5) is 0 Å². The highest BCUT2D eigenvalue weighted by molar-refractivity contribution is 7.09. The summed E-state index contributed by atoms with van der Waals surface area (Å²) in [4.78, 5) is 23.2. The second-order valence-electron chi connectivity index (χ2n) is 5.93. The summed E-state index contributed by atoms with van der Waals surface area (Å²) in [5.41, 5.74) is 0.839. The Morgan fingerprint density at radius 2 is 2.32 bits per heavy atom. The van der Waals surface area contributed by atoms with Crippen LogP contribution in [0, 0.1) is 6.92 Å². The number of amides is 1. The van der Waals surface area contributed by atoms with Gasteiger partial charge in [0, 0.05) is 17.8 Å². The van der Waals surface area contributed by atoms with E-state index in [0.29, 0.717) is 18.1 Å². The number of hydrogen-bond acceptors (Lipinski definition) is 6. The van der Waals surface area contributed by atoms with E-state index in [0.717, 1.165) is 30.1 Å². The lowest BCUT2D eigenvalue weighted by Crippen LogP contribution is -2.32. The Balaban J connectivity index is 1.73. The summed E-state index contributed by atoms with van der Waals surface area (Å²) in [5.74, 6) is 1.56. The van der Waals surface area contributed by atoms with E-state index < -0.39 is 0 Å². The van der Waals surface area contributed by atoms with Crippen LogP contribution in [-0.4, -0.2) is 32.5 Å². The van der Waals surface area contributed by atoms with Crippen LogP contribution in [-0.2, 0) is 11.2 Å². The fraction of sp³-hybridized carbons (Fsp3) is 0.600. The van der Waals surface area contributed by atoms with Gasteiger partial charge in [0.2, 0.25) is 11.8 Å². The molecule has 0 N–H and O–H groups in total. The van der Waals surface area contributed by atoms with Gasteiger partial charge in [-0.05, 0) is 19.8 Å². The van der Waals surface area contributed by atoms with Crippen molar-refractivity contribution in [2.24, 2.45) is 0 Å². The number of aromatic nitrogens is 3. The van der Waals surface area contributed by atoms with E-state index in [-0.39, 0.29) is 17.9 Å². The Hall–Kier alpha value is -1.76. The quantitative estimate of drug-likeness (QED) is 0.866. The van der Waals surface area contributed by atoms with Crippen molar-refractivity contribution >= 4 is 17.2 Å². The maximum atomic E-state index is 12.5. The molecule has 118 valence electrons. The zero-order valence-electron chi connectivity index (χ0n) is 13.1. The Bertz CT molecular complexity index is 664. The van der Waals surface area contributed by atoms with Gasteiger partial charge in [-0.2, -0.15) is 4.98 Å². The van der Waals surface area contributed by atoms with Crippen molar-refractivity contribution in [2.75, 3.05) is 6.54 Å². The number of carbonyl (C=O) groups excluding carboxylic acids is 1. The van der Waals surface area contributed by atoms with Crippen LogP contribution in [0.2, 0.25) is 0 Å². The van der Waals surface area contributed by atoms with Gasteiger partial charge < -0.3 is 9.42 Å². The Kier molecular flexibility index (Phi) is 4.24. The summed E-state index contributed by atoms with van der Waals surface area (Å²) in [6, 6.07) is -0.0905. The fourth-order valence-corrected chi connectivity index (χ4v) is 3.30. The van der Waals surface area contributed by atoms with Crippen molar-refractivity contribution in [1.29, 1.82) is 0 Å². The van der Waals surface area contributed by atoms with Crippen molar-refractivity contribution < 1.29 is 9.32 Å². The maximum absolute atomic E-state index is 12.5. The monoisotopic (exact) mass is 320 g/mol. The van der Waals surface area contributed by atoms with Gasteiger partial charge in [-0.3, -0.25) is 4.79 Å². The number of aryl methyl sites for hydroxylation is 1. The van der Waals surface area contributed by atoms with Gasteiger partial charge in [-0.1, -0.05) is 19.0 Å². The van der Waals surface area contributed by atoms with E-state index in [9.17, 15) is 4.79 Å². The molecule has 22 heavy (non-hydrogen) atoms. The molecule has 6 nitrogen and oxygen atoms in total. The van der Waals surface area contributed by atoms with Crippen LogP contribution < -0.4 is 0 Å². The molecule has 1 aliphatic heterocycles. The summed E-state index contributed by atoms with van der Waals surface area (Å²) in [7, 11) is 0. The molecule has 1 atom stereocenters. The second kappa shape index (κ2) is 6.16. The van der Waals surface area contributed by atoms with Gasteiger partial charge in [0.05, 0.1) is 17.1 Å². The molecule has 0 saturated carbocycles. The van der Waals surface area contributed by atoms with Gasteiger partial charge in [0.1, 0.15) is 6.04 Å². The number of likely N-dealkylation sites (tertiary alicyclic amines) is 1. The average molecular weight is 320 g/mol. The highest BCUT2D eigenvalue weighted by Gasteiger charge is 2.34. The first-order valence-corrected chi connectivity index (χ1v) is 8.46. The molecule has 2 aromatic rings. The molecule has 0 spiro atoms. The molecule has 1 aliphatic rings. The standard InChI is InChI=1S/C15H20N4O2S/c1-9(2)14-17-15(21-18-14)12-5-4-6-19(12)13(20)7-11-8-22-10(3)16-11/h8-9,12H,4-7H2,1-3H3/t12-/m0/s1. The van der Waals surface area contributed by atoms with Crippen LogP contribution in [0.5, 0.6) is 0 Å². The molecule has 1 fully saturated rings. The van der Waals surface area contributed by atoms with Crippen molar-refractivity contribution in [3.8, 4) is 0 Å². The van der Waals surface area contributed by atoms with E-state index in [1.165, 1.54) is 0 Å². The molecular formula is C15H20N4O2S. The van der Waals surface area contributed by atoms with E-state index in [1.807, 2.05) is 31.1 Å². The molecule has 3 heterocycles. The number of nitrogens with zero attached hydrogens (tertiary/aromatic N) is 4. The van der Waals surface area contributed by atoms with Crippen LogP contribution in [0.1, 0.15) is 61.1 Å². The van der Waals surface area contributed by atoms with Crippen LogP contribution in [0.3, 0.4) is 0 Å². The Morgan fingerprint density at radius 3 is 2.95 bits per heavy atom. The minimum absolute atomic E-state index is 0.0806. The molecule has 0 radical (unpaired) electrons. The topological polar surface area (TPSA) is 72.1 Å². The maximum Gasteiger partial charge on any atom is 0.249 e. The van der Waals surface area contributed by atoms with E-state index in [4.69, 9.17) is 4.52 Å². The zero-order valence-corrected chi connectivity index (χ0v) is 13.9. The summed E-state index contributed by atoms with van der Waals surface area (Å²) in [5, 5.41) is 6.94. The van der Waals surface area contributed by atoms with Crippen molar-refractivity contribution in [3.05, 3.63) is 27.8 Å². The lowest BCUT2D eigenvalue weighted by Gasteiger charge is -2.21. The third-order valence-corrected chi connectivity index (χ3v) is 4.65. The third-order valence-electron chi connectivity index (χ3n) is 3.83. The molecule has 1 saturated heterocycles. The smallest absolute Gasteiger partial charge is 0.249 e. The molecule has 1 amide bonds. The number of hydrogen-bond donors (Lipinski definition) is 0. The zero-order chi connectivity index (χ0) is 15.7. The van der Waals surface area contributed by atoms with Gasteiger partial charge in [-0.15, -0.1) is 11.3 Å². The first-order chi connectivity index (χ1) is 10.5. The van der Waals surface area contributed by atoms with Gasteiger partial charge in [0.25, 0.3) is 0 Å². The molecule has 2 aromatic heterocycles. The SMILES string of the molecule is Cc1nc(CC(=O)N2CCC[C@H]2c2nc(C(C)C)no2)cs1. The van der Waals surface area contributed by atoms with Crippen molar-refractivity contribution in [2.45, 2.75) is 52.0 Å². The summed E-state index contributed by atoms with van der Waals surface area (Å²) < 4.78 is 5.38. The minimum atomic E-state index is -0.0905. The largest absolute Gasteiger partial charge is 0.337 e. The van der Waals surface area contributed by atoms with Crippen LogP contribution in [0.25, 0.3) is 0 Å². The van der Waals surface area contributed by atoms with Crippen molar-refractivity contribution in [3.63, 3.8) is 0 Å². The first kappa shape index (κ1) is 15.1. The minimum Gasteiger partial charge on any atom is -0.337 e. The highest BCUT2D eigenvalue weighted by Crippen LogP contribution is 2.32. The highest BCUT2D eigenvalue weighted by atomic mass is 32.1. The normalized spacial score (nSPS) is 18.4. The third kappa shape index (κ3) is 3.04.